The van der Waals surface area contributed by atoms with E-state index < -0.39 is 0 Å². The van der Waals surface area contributed by atoms with E-state index in [2.05, 4.69) is 98.9 Å². The molecule has 3 heteroatoms. The van der Waals surface area contributed by atoms with Gasteiger partial charge in [-0.05, 0) is 60.7 Å². The van der Waals surface area contributed by atoms with E-state index in [1.165, 1.54) is 27.8 Å². The van der Waals surface area contributed by atoms with Gasteiger partial charge in [0.1, 0.15) is 0 Å². The smallest absolute Gasteiger partial charge is 0.0658 e. The van der Waals surface area contributed by atoms with Crippen molar-refractivity contribution in [2.45, 2.75) is 25.6 Å². The fraction of sp³-hybridized carbons (Fsp3) is 0.250. The van der Waals surface area contributed by atoms with Gasteiger partial charge in [0.25, 0.3) is 0 Å². The van der Waals surface area contributed by atoms with Crippen LogP contribution in [0.5, 0.6) is 0 Å². The van der Waals surface area contributed by atoms with E-state index in [0.717, 1.165) is 8.95 Å². The van der Waals surface area contributed by atoms with Gasteiger partial charge in [-0.15, -0.1) is 0 Å². The molecule has 2 aromatic rings. The van der Waals surface area contributed by atoms with Crippen LogP contribution in [0.3, 0.4) is 0 Å². The summed E-state index contributed by atoms with van der Waals surface area (Å²) in [4.78, 5) is 0.203. The molecule has 0 saturated carbocycles. The molecule has 0 heterocycles. The Morgan fingerprint density at radius 1 is 0.789 bits per heavy atom. The Kier molecular flexibility index (Phi) is 4.91. The predicted molar refractivity (Wildman–Crippen MR) is 93.3 cm³/mol. The first-order chi connectivity index (χ1) is 8.90. The molecule has 0 bridgehead atoms. The summed E-state index contributed by atoms with van der Waals surface area (Å²) in [6.45, 7) is 6.37. The summed E-state index contributed by atoms with van der Waals surface area (Å²) in [6, 6.07) is 10.9. The third-order valence-electron chi connectivity index (χ3n) is 3.25. The van der Waals surface area contributed by atoms with Crippen LogP contribution in [-0.2, 0) is 0 Å². The second kappa shape index (κ2) is 6.11. The van der Waals surface area contributed by atoms with Crippen molar-refractivity contribution in [1.82, 2.24) is 0 Å². The van der Waals surface area contributed by atoms with Gasteiger partial charge in [-0.3, -0.25) is 0 Å². The molecule has 2 rings (SSSR count). The largest absolute Gasteiger partial charge is 0.0786 e. The van der Waals surface area contributed by atoms with Crippen LogP contribution in [-0.4, -0.2) is 0 Å². The van der Waals surface area contributed by atoms with Crippen molar-refractivity contribution in [3.05, 3.63) is 67.1 Å². The van der Waals surface area contributed by atoms with Crippen molar-refractivity contribution in [2.75, 3.05) is 0 Å². The molecule has 0 amide bonds. The van der Waals surface area contributed by atoms with Gasteiger partial charge in [0.2, 0.25) is 0 Å². The first-order valence-electron chi connectivity index (χ1n) is 6.07. The molecule has 0 nitrogen and oxygen atoms in total. The van der Waals surface area contributed by atoms with E-state index >= 15 is 0 Å². The van der Waals surface area contributed by atoms with Crippen LogP contribution in [0.1, 0.15) is 32.6 Å². The maximum absolute atomic E-state index is 3.83. The average molecular weight is 447 g/mol. The summed E-state index contributed by atoms with van der Waals surface area (Å²) in [5.41, 5.74) is 6.37. The lowest BCUT2D eigenvalue weighted by atomic mass is 9.98. The lowest BCUT2D eigenvalue weighted by Gasteiger charge is -2.17. The van der Waals surface area contributed by atoms with E-state index in [0.29, 0.717) is 0 Å². The summed E-state index contributed by atoms with van der Waals surface area (Å²) in [5.74, 6) is 0. The van der Waals surface area contributed by atoms with Crippen molar-refractivity contribution in [3.8, 4) is 0 Å². The molecule has 0 aromatic heterocycles. The minimum atomic E-state index is 0.203. The van der Waals surface area contributed by atoms with Gasteiger partial charge in [0.15, 0.2) is 0 Å². The van der Waals surface area contributed by atoms with Gasteiger partial charge in [0, 0.05) is 8.95 Å². The van der Waals surface area contributed by atoms with Crippen molar-refractivity contribution in [1.29, 1.82) is 0 Å². The molecule has 19 heavy (non-hydrogen) atoms. The monoisotopic (exact) mass is 444 g/mol. The Morgan fingerprint density at radius 2 is 1.47 bits per heavy atom. The fourth-order valence-electron chi connectivity index (χ4n) is 2.08. The number of hydrogen-bond acceptors (Lipinski definition) is 0. The van der Waals surface area contributed by atoms with Crippen molar-refractivity contribution in [3.63, 3.8) is 0 Å². The third kappa shape index (κ3) is 3.32. The summed E-state index contributed by atoms with van der Waals surface area (Å²) in [6.07, 6.45) is 0. The van der Waals surface area contributed by atoms with Crippen LogP contribution in [0.4, 0.5) is 0 Å². The van der Waals surface area contributed by atoms with Crippen molar-refractivity contribution in [2.24, 2.45) is 0 Å². The zero-order valence-electron chi connectivity index (χ0n) is 11.1. The van der Waals surface area contributed by atoms with Gasteiger partial charge in [-0.1, -0.05) is 66.0 Å². The first kappa shape index (κ1) is 15.3. The van der Waals surface area contributed by atoms with E-state index in [1.54, 1.807) is 0 Å². The van der Waals surface area contributed by atoms with E-state index in [9.17, 15) is 0 Å². The topological polar surface area (TPSA) is 0 Å². The van der Waals surface area contributed by atoms with Gasteiger partial charge < -0.3 is 0 Å². The van der Waals surface area contributed by atoms with Crippen LogP contribution >= 0.6 is 47.8 Å². The second-order valence-electron chi connectivity index (χ2n) is 4.85. The van der Waals surface area contributed by atoms with E-state index in [1.807, 2.05) is 0 Å². The molecule has 0 N–H and O–H groups in total. The van der Waals surface area contributed by atoms with Gasteiger partial charge >= 0.3 is 0 Å². The SMILES string of the molecule is Cc1ccc(C(Br)c2cc(C)c(Br)cc2C)c(Br)c1. The molecule has 0 spiro atoms. The van der Waals surface area contributed by atoms with Crippen LogP contribution < -0.4 is 0 Å². The Balaban J connectivity index is 2.49. The number of hydrogen-bond donors (Lipinski definition) is 0. The maximum Gasteiger partial charge on any atom is 0.0658 e. The average Bonchev–Trinajstić information content (AvgIpc) is 2.33. The highest BCUT2D eigenvalue weighted by atomic mass is 79.9. The molecular weight excluding hydrogens is 432 g/mol. The third-order valence-corrected chi connectivity index (χ3v) is 5.78. The standard InChI is InChI=1S/C16H15Br3/c1-9-4-5-12(15(18)6-9)16(19)13-7-11(3)14(17)8-10(13)2/h4-8,16H,1-3H3. The predicted octanol–water partition coefficient (Wildman–Crippen LogP) is 6.62. The van der Waals surface area contributed by atoms with Crippen LogP contribution in [0.15, 0.2) is 39.3 Å². The molecule has 2 aromatic carbocycles. The highest BCUT2D eigenvalue weighted by molar-refractivity contribution is 9.11. The lowest BCUT2D eigenvalue weighted by Crippen LogP contribution is -1.98. The number of halogens is 3. The van der Waals surface area contributed by atoms with Crippen LogP contribution in [0.25, 0.3) is 0 Å². The van der Waals surface area contributed by atoms with Crippen LogP contribution in [0.2, 0.25) is 0 Å². The molecule has 1 unspecified atom stereocenters. The summed E-state index contributed by atoms with van der Waals surface area (Å²) in [5, 5.41) is 0. The lowest BCUT2D eigenvalue weighted by molar-refractivity contribution is 1.11. The highest BCUT2D eigenvalue weighted by Gasteiger charge is 2.16. The fourth-order valence-corrected chi connectivity index (χ4v) is 4.46. The molecule has 1 atom stereocenters. The zero-order valence-corrected chi connectivity index (χ0v) is 15.9. The molecule has 100 valence electrons. The first-order valence-corrected chi connectivity index (χ1v) is 8.57. The van der Waals surface area contributed by atoms with Gasteiger partial charge in [0.05, 0.1) is 4.83 Å². The van der Waals surface area contributed by atoms with Gasteiger partial charge in [-0.25, -0.2) is 0 Å². The Bertz CT molecular complexity index is 618. The normalized spacial score (nSPS) is 12.5. The van der Waals surface area contributed by atoms with Crippen molar-refractivity contribution < 1.29 is 0 Å². The summed E-state index contributed by atoms with van der Waals surface area (Å²) >= 11 is 11.1. The number of benzene rings is 2. The molecule has 0 aliphatic carbocycles. The molecule has 0 radical (unpaired) electrons. The Morgan fingerprint density at radius 3 is 2.11 bits per heavy atom. The highest BCUT2D eigenvalue weighted by Crippen LogP contribution is 2.38. The molecule has 0 fully saturated rings. The zero-order chi connectivity index (χ0) is 14.2. The number of alkyl halides is 1. The number of rotatable bonds is 2. The van der Waals surface area contributed by atoms with E-state index in [-0.39, 0.29) is 4.83 Å². The molecule has 0 saturated heterocycles. The Labute approximate surface area is 140 Å². The van der Waals surface area contributed by atoms with Crippen molar-refractivity contribution >= 4 is 47.8 Å². The summed E-state index contributed by atoms with van der Waals surface area (Å²) < 4.78 is 2.31. The summed E-state index contributed by atoms with van der Waals surface area (Å²) in [7, 11) is 0. The minimum absolute atomic E-state index is 0.203. The van der Waals surface area contributed by atoms with E-state index in [4.69, 9.17) is 0 Å². The Hall–Kier alpha value is -0.120. The molecule has 0 aliphatic heterocycles. The molecule has 0 aliphatic rings. The maximum atomic E-state index is 3.83. The minimum Gasteiger partial charge on any atom is -0.0786 e. The quantitative estimate of drug-likeness (QED) is 0.454. The van der Waals surface area contributed by atoms with Gasteiger partial charge in [-0.2, -0.15) is 0 Å². The number of aryl methyl sites for hydroxylation is 3. The second-order valence-corrected chi connectivity index (χ2v) is 7.47. The van der Waals surface area contributed by atoms with Crippen LogP contribution in [0, 0.1) is 20.8 Å². The molecular formula is C16H15Br3.